The van der Waals surface area contributed by atoms with Crippen molar-refractivity contribution >= 4 is 34.9 Å². The molecule has 138 valence electrons. The van der Waals surface area contributed by atoms with Crippen LogP contribution in [0.4, 0.5) is 0 Å². The lowest BCUT2D eigenvalue weighted by Crippen LogP contribution is -2.46. The summed E-state index contributed by atoms with van der Waals surface area (Å²) in [6.07, 6.45) is -0.872. The van der Waals surface area contributed by atoms with Crippen molar-refractivity contribution in [1.29, 1.82) is 0 Å². The molecule has 3 aromatic rings. The zero-order chi connectivity index (χ0) is 18.6. The third-order valence-electron chi connectivity index (χ3n) is 3.62. The monoisotopic (exact) mass is 402 g/mol. The third kappa shape index (κ3) is 4.12. The van der Waals surface area contributed by atoms with Gasteiger partial charge in [0.1, 0.15) is 6.61 Å². The molecule has 1 atom stereocenters. The van der Waals surface area contributed by atoms with Gasteiger partial charge < -0.3 is 9.47 Å². The maximum atomic E-state index is 12.2. The molecule has 0 saturated carbocycles. The first kappa shape index (κ1) is 17.6. The van der Waals surface area contributed by atoms with E-state index in [-0.39, 0.29) is 12.4 Å². The highest BCUT2D eigenvalue weighted by molar-refractivity contribution is 7.99. The van der Waals surface area contributed by atoms with Gasteiger partial charge in [-0.1, -0.05) is 30.0 Å². The first-order chi connectivity index (χ1) is 13.2. The van der Waals surface area contributed by atoms with E-state index in [1.54, 1.807) is 29.5 Å². The number of carbonyl (C=O) groups is 2. The number of fused-ring (bicyclic) bond motifs is 1. The Labute approximate surface area is 162 Å². The number of hydrogen-bond donors (Lipinski definition) is 2. The highest BCUT2D eigenvalue weighted by atomic mass is 32.2. The van der Waals surface area contributed by atoms with Crippen molar-refractivity contribution in [3.05, 3.63) is 41.8 Å². The molecule has 0 radical (unpaired) electrons. The lowest BCUT2D eigenvalue weighted by molar-refractivity contribution is -0.135. The van der Waals surface area contributed by atoms with E-state index in [2.05, 4.69) is 20.5 Å². The summed E-state index contributed by atoms with van der Waals surface area (Å²) in [5.41, 5.74) is 0. The predicted molar refractivity (Wildman–Crippen MR) is 99.9 cm³/mol. The zero-order valence-electron chi connectivity index (χ0n) is 13.9. The summed E-state index contributed by atoms with van der Waals surface area (Å²) in [6.45, 7) is 0.0500. The number of hydrogen-bond acceptors (Lipinski definition) is 8. The predicted octanol–water partition coefficient (Wildman–Crippen LogP) is 2.11. The van der Waals surface area contributed by atoms with Crippen LogP contribution >= 0.6 is 23.1 Å². The zero-order valence-corrected chi connectivity index (χ0v) is 15.5. The van der Waals surface area contributed by atoms with E-state index in [4.69, 9.17) is 9.47 Å². The molecule has 27 heavy (non-hydrogen) atoms. The molecule has 1 aromatic carbocycles. The number of benzene rings is 1. The molecule has 8 nitrogen and oxygen atoms in total. The summed E-state index contributed by atoms with van der Waals surface area (Å²) in [4.78, 5) is 29.5. The summed E-state index contributed by atoms with van der Waals surface area (Å²) in [5, 5.41) is 11.6. The van der Waals surface area contributed by atoms with Crippen LogP contribution in [0, 0.1) is 0 Å². The number of rotatable bonds is 5. The number of imide groups is 1. The average Bonchev–Trinajstić information content (AvgIpc) is 3.37. The standard InChI is InChI=1S/C17H14N4O4S2/c22-14(9-27-17-19-15(20-21-17)13-6-3-7-26-13)18-16(23)12-8-24-10-4-1-2-5-11(10)25-12/h1-7,12H,8-9H2,(H,18,22,23)(H,19,20,21)/t12-/m1/s1. The van der Waals surface area contributed by atoms with Gasteiger partial charge in [0.15, 0.2) is 17.3 Å². The van der Waals surface area contributed by atoms with Gasteiger partial charge in [-0.2, -0.15) is 0 Å². The summed E-state index contributed by atoms with van der Waals surface area (Å²) in [5.74, 6) is 0.731. The number of amides is 2. The SMILES string of the molecule is O=C(CSc1n[nH]c(-c2cccs2)n1)NC(=O)[C@H]1COc2ccccc2O1. The molecule has 1 aliphatic heterocycles. The minimum Gasteiger partial charge on any atom is -0.485 e. The second kappa shape index (κ2) is 7.80. The van der Waals surface area contributed by atoms with E-state index in [1.807, 2.05) is 23.6 Å². The molecule has 4 rings (SSSR count). The van der Waals surface area contributed by atoms with Crippen LogP contribution < -0.4 is 14.8 Å². The number of ether oxygens (including phenoxy) is 2. The van der Waals surface area contributed by atoms with Gasteiger partial charge in [0.05, 0.1) is 10.6 Å². The minimum absolute atomic E-state index is 0.0115. The highest BCUT2D eigenvalue weighted by Gasteiger charge is 2.28. The smallest absolute Gasteiger partial charge is 0.271 e. The number of carbonyl (C=O) groups excluding carboxylic acids is 2. The van der Waals surface area contributed by atoms with Crippen LogP contribution in [0.5, 0.6) is 11.5 Å². The fourth-order valence-electron chi connectivity index (χ4n) is 2.37. The van der Waals surface area contributed by atoms with Crippen molar-refractivity contribution < 1.29 is 19.1 Å². The highest BCUT2D eigenvalue weighted by Crippen LogP contribution is 2.30. The molecule has 0 aliphatic carbocycles. The molecular formula is C17H14N4O4S2. The van der Waals surface area contributed by atoms with Crippen LogP contribution in [0.15, 0.2) is 46.9 Å². The van der Waals surface area contributed by atoms with E-state index < -0.39 is 17.9 Å². The van der Waals surface area contributed by atoms with E-state index >= 15 is 0 Å². The lowest BCUT2D eigenvalue weighted by Gasteiger charge is -2.25. The minimum atomic E-state index is -0.872. The molecule has 0 unspecified atom stereocenters. The number of nitrogens with zero attached hydrogens (tertiary/aromatic N) is 2. The molecule has 0 spiro atoms. The molecule has 3 heterocycles. The lowest BCUT2D eigenvalue weighted by atomic mass is 10.2. The van der Waals surface area contributed by atoms with E-state index in [9.17, 15) is 9.59 Å². The largest absolute Gasteiger partial charge is 0.485 e. The van der Waals surface area contributed by atoms with Crippen LogP contribution in [-0.4, -0.2) is 45.5 Å². The number of nitrogens with one attached hydrogen (secondary N) is 2. The molecule has 0 saturated heterocycles. The number of aromatic nitrogens is 3. The maximum Gasteiger partial charge on any atom is 0.271 e. The van der Waals surface area contributed by atoms with E-state index in [0.717, 1.165) is 16.6 Å². The van der Waals surface area contributed by atoms with Crippen molar-refractivity contribution in [2.24, 2.45) is 0 Å². The summed E-state index contributed by atoms with van der Waals surface area (Å²) in [6, 6.07) is 10.9. The number of thiophene rings is 1. The van der Waals surface area contributed by atoms with Crippen molar-refractivity contribution in [3.8, 4) is 22.2 Å². The van der Waals surface area contributed by atoms with Gasteiger partial charge >= 0.3 is 0 Å². The summed E-state index contributed by atoms with van der Waals surface area (Å²) >= 11 is 2.68. The number of thioether (sulfide) groups is 1. The van der Waals surface area contributed by atoms with Gasteiger partial charge in [0, 0.05) is 0 Å². The summed E-state index contributed by atoms with van der Waals surface area (Å²) in [7, 11) is 0. The van der Waals surface area contributed by atoms with Gasteiger partial charge in [0.2, 0.25) is 17.2 Å². The Kier molecular flexibility index (Phi) is 5.07. The Morgan fingerprint density at radius 2 is 2.11 bits per heavy atom. The Morgan fingerprint density at radius 1 is 1.26 bits per heavy atom. The quantitative estimate of drug-likeness (QED) is 0.630. The van der Waals surface area contributed by atoms with Crippen molar-refractivity contribution in [2.45, 2.75) is 11.3 Å². The number of aromatic amines is 1. The third-order valence-corrected chi connectivity index (χ3v) is 5.34. The Hall–Kier alpha value is -2.85. The second-order valence-electron chi connectivity index (χ2n) is 5.51. The maximum absolute atomic E-state index is 12.2. The van der Waals surface area contributed by atoms with Crippen LogP contribution in [0.3, 0.4) is 0 Å². The molecule has 0 fully saturated rings. The Balaban J connectivity index is 1.28. The normalized spacial score (nSPS) is 15.3. The first-order valence-electron chi connectivity index (χ1n) is 8.00. The van der Waals surface area contributed by atoms with E-state index in [1.165, 1.54) is 0 Å². The molecule has 10 heteroatoms. The van der Waals surface area contributed by atoms with Crippen molar-refractivity contribution in [3.63, 3.8) is 0 Å². The summed E-state index contributed by atoms with van der Waals surface area (Å²) < 4.78 is 11.1. The molecule has 0 bridgehead atoms. The number of H-pyrrole nitrogens is 1. The van der Waals surface area contributed by atoms with Crippen LogP contribution in [0.25, 0.3) is 10.7 Å². The fraction of sp³-hybridized carbons (Fsp3) is 0.176. The van der Waals surface area contributed by atoms with E-state index in [0.29, 0.717) is 22.5 Å². The second-order valence-corrected chi connectivity index (χ2v) is 7.40. The van der Waals surface area contributed by atoms with Gasteiger partial charge in [-0.25, -0.2) is 4.98 Å². The topological polar surface area (TPSA) is 106 Å². The van der Waals surface area contributed by atoms with Gasteiger partial charge in [-0.05, 0) is 23.6 Å². The molecule has 2 amide bonds. The molecule has 2 aromatic heterocycles. The fourth-order valence-corrected chi connectivity index (χ4v) is 3.63. The molecule has 2 N–H and O–H groups in total. The van der Waals surface area contributed by atoms with Crippen molar-refractivity contribution in [1.82, 2.24) is 20.5 Å². The van der Waals surface area contributed by atoms with Crippen LogP contribution in [0.1, 0.15) is 0 Å². The van der Waals surface area contributed by atoms with Crippen molar-refractivity contribution in [2.75, 3.05) is 12.4 Å². The van der Waals surface area contributed by atoms with Gasteiger partial charge in [-0.3, -0.25) is 20.0 Å². The van der Waals surface area contributed by atoms with Crippen LogP contribution in [0.2, 0.25) is 0 Å². The molecule has 1 aliphatic rings. The van der Waals surface area contributed by atoms with Gasteiger partial charge in [0.25, 0.3) is 5.91 Å². The van der Waals surface area contributed by atoms with Crippen LogP contribution in [-0.2, 0) is 9.59 Å². The average molecular weight is 402 g/mol. The number of para-hydroxylation sites is 2. The Morgan fingerprint density at radius 3 is 2.93 bits per heavy atom. The Bertz CT molecular complexity index is 958. The molecular weight excluding hydrogens is 388 g/mol. The van der Waals surface area contributed by atoms with Gasteiger partial charge in [-0.15, -0.1) is 16.4 Å². The first-order valence-corrected chi connectivity index (χ1v) is 9.87.